The van der Waals surface area contributed by atoms with Crippen molar-refractivity contribution in [3.8, 4) is 0 Å². The van der Waals surface area contributed by atoms with Gasteiger partial charge in [-0.05, 0) is 42.5 Å². The van der Waals surface area contributed by atoms with Gasteiger partial charge in [0.05, 0.1) is 8.67 Å². The second-order valence-corrected chi connectivity index (χ2v) is 7.76. The highest BCUT2D eigenvalue weighted by molar-refractivity contribution is 7.20. The Morgan fingerprint density at radius 2 is 2.00 bits per heavy atom. The van der Waals surface area contributed by atoms with Crippen LogP contribution in [0.15, 0.2) is 6.07 Å². The van der Waals surface area contributed by atoms with E-state index in [2.05, 4.69) is 33.0 Å². The van der Waals surface area contributed by atoms with Crippen molar-refractivity contribution in [1.82, 2.24) is 5.32 Å². The van der Waals surface area contributed by atoms with E-state index in [1.165, 1.54) is 16.9 Å². The van der Waals surface area contributed by atoms with Gasteiger partial charge in [0.15, 0.2) is 0 Å². The van der Waals surface area contributed by atoms with Gasteiger partial charge in [-0.15, -0.1) is 11.3 Å². The summed E-state index contributed by atoms with van der Waals surface area (Å²) < 4.78 is 1.59. The van der Waals surface area contributed by atoms with Crippen LogP contribution in [-0.4, -0.2) is 13.1 Å². The van der Waals surface area contributed by atoms with Crippen molar-refractivity contribution < 1.29 is 0 Å². The third-order valence-electron chi connectivity index (χ3n) is 2.87. The Labute approximate surface area is 119 Å². The number of rotatable bonds is 6. The molecule has 0 saturated heterocycles. The molecule has 0 radical (unpaired) electrons. The van der Waals surface area contributed by atoms with Gasteiger partial charge in [-0.3, -0.25) is 0 Å². The molecule has 0 aromatic carbocycles. The molecule has 1 aromatic heterocycles. The highest BCUT2D eigenvalue weighted by Gasteiger charge is 2.24. The molecule has 0 spiro atoms. The van der Waals surface area contributed by atoms with E-state index in [4.69, 9.17) is 23.2 Å². The van der Waals surface area contributed by atoms with Crippen molar-refractivity contribution in [2.24, 2.45) is 5.92 Å². The Hall–Kier alpha value is 0.240. The van der Waals surface area contributed by atoms with Crippen molar-refractivity contribution >= 4 is 34.5 Å². The number of nitrogens with one attached hydrogen (secondary N) is 1. The van der Waals surface area contributed by atoms with Crippen LogP contribution in [0.3, 0.4) is 0 Å². The van der Waals surface area contributed by atoms with Crippen LogP contribution in [-0.2, 0) is 5.41 Å². The SMILES string of the molecule is CC(C)CNCCC(C)(C)c1cc(Cl)sc1Cl. The molecule has 1 heterocycles. The summed E-state index contributed by atoms with van der Waals surface area (Å²) in [5.41, 5.74) is 1.24. The molecule has 0 aliphatic carbocycles. The average molecular weight is 294 g/mol. The van der Waals surface area contributed by atoms with Gasteiger partial charge in [-0.2, -0.15) is 0 Å². The lowest BCUT2D eigenvalue weighted by Crippen LogP contribution is -2.27. The van der Waals surface area contributed by atoms with E-state index < -0.39 is 0 Å². The van der Waals surface area contributed by atoms with Crippen molar-refractivity contribution in [1.29, 1.82) is 0 Å². The number of hydrogen-bond acceptors (Lipinski definition) is 2. The predicted octanol–water partition coefficient (Wildman–Crippen LogP) is 4.97. The lowest BCUT2D eigenvalue weighted by molar-refractivity contribution is 0.443. The second kappa shape index (κ2) is 6.42. The van der Waals surface area contributed by atoms with Crippen LogP contribution in [0.5, 0.6) is 0 Å². The van der Waals surface area contributed by atoms with Crippen molar-refractivity contribution in [3.63, 3.8) is 0 Å². The standard InChI is InChI=1S/C13H21Cl2NS/c1-9(2)8-16-6-5-13(3,4)10-7-11(14)17-12(10)15/h7,9,16H,5-6,8H2,1-4H3. The van der Waals surface area contributed by atoms with E-state index >= 15 is 0 Å². The maximum Gasteiger partial charge on any atom is 0.0981 e. The van der Waals surface area contributed by atoms with E-state index in [0.29, 0.717) is 5.92 Å². The van der Waals surface area contributed by atoms with Crippen LogP contribution >= 0.6 is 34.5 Å². The molecule has 0 fully saturated rings. The third-order valence-corrected chi connectivity index (χ3v) is 4.35. The zero-order valence-electron chi connectivity index (χ0n) is 10.9. The van der Waals surface area contributed by atoms with Gasteiger partial charge in [0, 0.05) is 0 Å². The van der Waals surface area contributed by atoms with Crippen LogP contribution in [0.25, 0.3) is 0 Å². The van der Waals surface area contributed by atoms with Gasteiger partial charge < -0.3 is 5.32 Å². The summed E-state index contributed by atoms with van der Waals surface area (Å²) in [5, 5.41) is 3.46. The number of hydrogen-bond donors (Lipinski definition) is 1. The maximum atomic E-state index is 6.21. The van der Waals surface area contributed by atoms with Crippen LogP contribution in [0.1, 0.15) is 39.7 Å². The van der Waals surface area contributed by atoms with Crippen LogP contribution in [0.4, 0.5) is 0 Å². The Bertz CT molecular complexity index is 358. The van der Waals surface area contributed by atoms with Crippen LogP contribution in [0, 0.1) is 5.92 Å². The first-order valence-electron chi connectivity index (χ1n) is 5.99. The largest absolute Gasteiger partial charge is 0.316 e. The summed E-state index contributed by atoms with van der Waals surface area (Å²) in [4.78, 5) is 0. The Morgan fingerprint density at radius 1 is 1.35 bits per heavy atom. The van der Waals surface area contributed by atoms with E-state index in [-0.39, 0.29) is 5.41 Å². The third kappa shape index (κ3) is 4.78. The molecule has 0 unspecified atom stereocenters. The second-order valence-electron chi connectivity index (χ2n) is 5.47. The first-order valence-corrected chi connectivity index (χ1v) is 7.56. The molecule has 0 aliphatic rings. The van der Waals surface area contributed by atoms with Crippen molar-refractivity contribution in [3.05, 3.63) is 20.3 Å². The average Bonchev–Trinajstić information content (AvgIpc) is 2.53. The van der Waals surface area contributed by atoms with E-state index in [1.807, 2.05) is 6.07 Å². The predicted molar refractivity (Wildman–Crippen MR) is 79.7 cm³/mol. The molecule has 1 rings (SSSR count). The summed E-state index contributed by atoms with van der Waals surface area (Å²) in [6.45, 7) is 10.9. The number of halogens is 2. The smallest absolute Gasteiger partial charge is 0.0981 e. The molecular weight excluding hydrogens is 273 g/mol. The number of thiophene rings is 1. The Balaban J connectivity index is 2.53. The fourth-order valence-electron chi connectivity index (χ4n) is 1.73. The van der Waals surface area contributed by atoms with Crippen molar-refractivity contribution in [2.45, 2.75) is 39.5 Å². The fraction of sp³-hybridized carbons (Fsp3) is 0.692. The molecule has 0 bridgehead atoms. The van der Waals surface area contributed by atoms with E-state index in [9.17, 15) is 0 Å². The monoisotopic (exact) mass is 293 g/mol. The molecule has 4 heteroatoms. The van der Waals surface area contributed by atoms with Crippen LogP contribution < -0.4 is 5.32 Å². The maximum absolute atomic E-state index is 6.21. The van der Waals surface area contributed by atoms with Gasteiger partial charge in [0.25, 0.3) is 0 Å². The highest BCUT2D eigenvalue weighted by Crippen LogP contribution is 2.40. The summed E-state index contributed by atoms with van der Waals surface area (Å²) in [6.07, 6.45) is 1.06. The van der Waals surface area contributed by atoms with E-state index in [0.717, 1.165) is 28.2 Å². The molecule has 1 N–H and O–H groups in total. The van der Waals surface area contributed by atoms with Crippen molar-refractivity contribution in [2.75, 3.05) is 13.1 Å². The minimum Gasteiger partial charge on any atom is -0.316 e. The van der Waals surface area contributed by atoms with Gasteiger partial charge in [-0.25, -0.2) is 0 Å². The van der Waals surface area contributed by atoms with Gasteiger partial charge in [-0.1, -0.05) is 50.9 Å². The fourth-order valence-corrected chi connectivity index (χ4v) is 3.54. The van der Waals surface area contributed by atoms with Gasteiger partial charge in [0.1, 0.15) is 0 Å². The molecule has 0 atom stereocenters. The molecule has 1 nitrogen and oxygen atoms in total. The molecule has 0 aliphatic heterocycles. The Kier molecular flexibility index (Phi) is 5.78. The molecular formula is C13H21Cl2NS. The summed E-state index contributed by atoms with van der Waals surface area (Å²) in [7, 11) is 0. The minimum absolute atomic E-state index is 0.0741. The molecule has 1 aromatic rings. The first-order chi connectivity index (χ1) is 7.83. The quantitative estimate of drug-likeness (QED) is 0.730. The first kappa shape index (κ1) is 15.3. The molecule has 98 valence electrons. The van der Waals surface area contributed by atoms with Gasteiger partial charge in [0.2, 0.25) is 0 Å². The lowest BCUT2D eigenvalue weighted by Gasteiger charge is -2.24. The minimum atomic E-state index is 0.0741. The molecule has 17 heavy (non-hydrogen) atoms. The zero-order chi connectivity index (χ0) is 13.1. The summed E-state index contributed by atoms with van der Waals surface area (Å²) in [6, 6.07) is 2.00. The normalized spacial score (nSPS) is 12.4. The highest BCUT2D eigenvalue weighted by atomic mass is 35.5. The summed E-state index contributed by atoms with van der Waals surface area (Å²) >= 11 is 13.7. The molecule has 0 saturated carbocycles. The summed E-state index contributed by atoms with van der Waals surface area (Å²) in [5.74, 6) is 0.692. The molecule has 0 amide bonds. The topological polar surface area (TPSA) is 12.0 Å². The zero-order valence-corrected chi connectivity index (χ0v) is 13.3. The van der Waals surface area contributed by atoms with Gasteiger partial charge >= 0.3 is 0 Å². The van der Waals surface area contributed by atoms with E-state index in [1.54, 1.807) is 0 Å². The lowest BCUT2D eigenvalue weighted by atomic mass is 9.83. The van der Waals surface area contributed by atoms with Crippen LogP contribution in [0.2, 0.25) is 8.67 Å². The Morgan fingerprint density at radius 3 is 2.47 bits per heavy atom.